The molecule has 8 aliphatic carbocycles. The fraction of sp³-hybridized carbons (Fsp3) is 0.625. The van der Waals surface area contributed by atoms with Crippen LogP contribution >= 0.6 is 0 Å². The van der Waals surface area contributed by atoms with Gasteiger partial charge in [-0.2, -0.15) is 0 Å². The second-order valence-corrected chi connectivity index (χ2v) is 15.1. The summed E-state index contributed by atoms with van der Waals surface area (Å²) in [5, 5.41) is 0. The molecule has 0 heterocycles. The molecule has 0 spiro atoms. The summed E-state index contributed by atoms with van der Waals surface area (Å²) in [7, 11) is 0. The largest absolute Gasteiger partial charge is 0.399 e. The summed E-state index contributed by atoms with van der Waals surface area (Å²) < 4.78 is 0. The van der Waals surface area contributed by atoms with Gasteiger partial charge in [-0.3, -0.25) is 0 Å². The fourth-order valence-corrected chi connectivity index (χ4v) is 12.5. The van der Waals surface area contributed by atoms with Crippen molar-refractivity contribution in [1.82, 2.24) is 0 Å². The Bertz CT molecular complexity index is 1140. The van der Waals surface area contributed by atoms with Crippen LogP contribution in [-0.4, -0.2) is 11.1 Å². The molecule has 10 rings (SSSR count). The molecule has 8 unspecified atom stereocenters. The van der Waals surface area contributed by atoms with E-state index in [0.717, 1.165) is 36.1 Å². The van der Waals surface area contributed by atoms with Crippen LogP contribution in [0.2, 0.25) is 0 Å². The Hall–Kier alpha value is -2.04. The minimum atomic E-state index is -0.0414. The van der Waals surface area contributed by atoms with Crippen molar-refractivity contribution in [3.05, 3.63) is 59.7 Å². The third kappa shape index (κ3) is 2.78. The molecule has 0 aliphatic heterocycles. The lowest BCUT2D eigenvalue weighted by atomic mass is 9.29. The highest BCUT2D eigenvalue weighted by atomic mass is 14.9. The number of nitrogens with two attached hydrogens (primary N) is 4. The van der Waals surface area contributed by atoms with Crippen molar-refractivity contribution in [2.75, 3.05) is 11.5 Å². The predicted molar refractivity (Wildman–Crippen MR) is 146 cm³/mol. The smallest absolute Gasteiger partial charge is 0.0314 e. The average molecular weight is 483 g/mol. The lowest BCUT2D eigenvalue weighted by molar-refractivity contribution is -0.220. The van der Waals surface area contributed by atoms with E-state index in [4.69, 9.17) is 22.9 Å². The Labute approximate surface area is 215 Å². The first kappa shape index (κ1) is 22.0. The Balaban J connectivity index is 1.27. The number of benzene rings is 2. The lowest BCUT2D eigenvalue weighted by Gasteiger charge is -2.77. The average Bonchev–Trinajstić information content (AvgIpc) is 2.76. The van der Waals surface area contributed by atoms with E-state index in [1.165, 1.54) is 75.3 Å². The van der Waals surface area contributed by atoms with E-state index in [-0.39, 0.29) is 21.9 Å². The molecule has 4 heteroatoms. The Kier molecular flexibility index (Phi) is 3.97. The van der Waals surface area contributed by atoms with Crippen molar-refractivity contribution in [3.8, 4) is 0 Å². The standard InChI is InChI=1S/C32H42N4/c33-25-5-1-23(2-6-25)27-9-21-11-29(15-27,19-31(35,13-21)17-27)30-12-22-10-28(16-30,18-32(36,14-22)20-30)24-3-7-26(34)8-4-24/h1-8,21-22H,9-20,33-36H2. The van der Waals surface area contributed by atoms with Gasteiger partial charge in [0.15, 0.2) is 0 Å². The minimum absolute atomic E-state index is 0.0414. The quantitative estimate of drug-likeness (QED) is 0.440. The van der Waals surface area contributed by atoms with Crippen LogP contribution in [0.3, 0.4) is 0 Å². The topological polar surface area (TPSA) is 104 Å². The van der Waals surface area contributed by atoms with Crippen LogP contribution in [-0.2, 0) is 10.8 Å². The van der Waals surface area contributed by atoms with E-state index in [1.54, 1.807) is 0 Å². The first-order valence-corrected chi connectivity index (χ1v) is 14.4. The molecule has 36 heavy (non-hydrogen) atoms. The maximum Gasteiger partial charge on any atom is 0.0314 e. The molecule has 2 aromatic rings. The molecule has 8 N–H and O–H groups in total. The van der Waals surface area contributed by atoms with Crippen molar-refractivity contribution in [2.45, 2.75) is 99.0 Å². The van der Waals surface area contributed by atoms with Crippen LogP contribution in [0.15, 0.2) is 48.5 Å². The highest BCUT2D eigenvalue weighted by Crippen LogP contribution is 2.79. The number of hydrogen-bond acceptors (Lipinski definition) is 4. The molecule has 8 aliphatic rings. The monoisotopic (exact) mass is 482 g/mol. The third-order valence-corrected chi connectivity index (χ3v) is 12.4. The van der Waals surface area contributed by atoms with E-state index in [1.807, 2.05) is 0 Å². The molecule has 190 valence electrons. The summed E-state index contributed by atoms with van der Waals surface area (Å²) >= 11 is 0. The molecule has 4 nitrogen and oxygen atoms in total. The predicted octanol–water partition coefficient (Wildman–Crippen LogP) is 5.39. The van der Waals surface area contributed by atoms with Gasteiger partial charge in [0.1, 0.15) is 0 Å². The van der Waals surface area contributed by atoms with Gasteiger partial charge >= 0.3 is 0 Å². The van der Waals surface area contributed by atoms with Crippen molar-refractivity contribution < 1.29 is 0 Å². The van der Waals surface area contributed by atoms with Crippen LogP contribution in [0.4, 0.5) is 11.4 Å². The lowest BCUT2D eigenvalue weighted by Crippen LogP contribution is -2.74. The molecule has 8 bridgehead atoms. The summed E-state index contributed by atoms with van der Waals surface area (Å²) in [5.41, 5.74) is 32.6. The summed E-state index contributed by atoms with van der Waals surface area (Å²) in [6.07, 6.45) is 15.0. The van der Waals surface area contributed by atoms with Crippen molar-refractivity contribution in [3.63, 3.8) is 0 Å². The molecule has 0 radical (unpaired) electrons. The van der Waals surface area contributed by atoms with Gasteiger partial charge in [-0.05, 0) is 146 Å². The van der Waals surface area contributed by atoms with E-state index in [2.05, 4.69) is 48.5 Å². The number of nitrogen functional groups attached to an aromatic ring is 2. The second-order valence-electron chi connectivity index (χ2n) is 15.1. The highest BCUT2D eigenvalue weighted by molar-refractivity contribution is 5.46. The zero-order valence-electron chi connectivity index (χ0n) is 21.6. The maximum absolute atomic E-state index is 7.40. The van der Waals surface area contributed by atoms with Crippen LogP contribution in [0.1, 0.15) is 88.2 Å². The molecule has 8 atom stereocenters. The van der Waals surface area contributed by atoms with E-state index in [0.29, 0.717) is 10.8 Å². The molecular weight excluding hydrogens is 440 g/mol. The third-order valence-electron chi connectivity index (χ3n) is 12.4. The molecular formula is C32H42N4. The van der Waals surface area contributed by atoms with Crippen molar-refractivity contribution in [2.24, 2.45) is 34.1 Å². The SMILES string of the molecule is Nc1ccc(C23CC4CC(N)(C2)CC(C25CC6CC(N)(CC(c7ccc(N)cc7)(C6)C2)C5)(C4)C3)cc1. The van der Waals surface area contributed by atoms with Gasteiger partial charge in [0.05, 0.1) is 0 Å². The fourth-order valence-electron chi connectivity index (χ4n) is 12.5. The Morgan fingerprint density at radius 1 is 0.472 bits per heavy atom. The first-order chi connectivity index (χ1) is 17.1. The van der Waals surface area contributed by atoms with E-state index >= 15 is 0 Å². The Morgan fingerprint density at radius 3 is 1.22 bits per heavy atom. The zero-order valence-corrected chi connectivity index (χ0v) is 21.6. The molecule has 0 saturated heterocycles. The van der Waals surface area contributed by atoms with Gasteiger partial charge in [0, 0.05) is 22.5 Å². The van der Waals surface area contributed by atoms with E-state index in [9.17, 15) is 0 Å². The van der Waals surface area contributed by atoms with Crippen molar-refractivity contribution in [1.29, 1.82) is 0 Å². The first-order valence-electron chi connectivity index (χ1n) is 14.4. The number of hydrogen-bond donors (Lipinski definition) is 4. The van der Waals surface area contributed by atoms with Crippen molar-refractivity contribution >= 4 is 11.4 Å². The van der Waals surface area contributed by atoms with Gasteiger partial charge in [0.2, 0.25) is 0 Å². The summed E-state index contributed by atoms with van der Waals surface area (Å²) in [5.74, 6) is 1.47. The summed E-state index contributed by atoms with van der Waals surface area (Å²) in [6, 6.07) is 17.7. The van der Waals surface area contributed by atoms with E-state index < -0.39 is 0 Å². The second kappa shape index (κ2) is 6.50. The normalized spacial score (nSPS) is 50.1. The highest BCUT2D eigenvalue weighted by Gasteiger charge is 2.73. The minimum Gasteiger partial charge on any atom is -0.399 e. The van der Waals surface area contributed by atoms with Gasteiger partial charge in [0.25, 0.3) is 0 Å². The van der Waals surface area contributed by atoms with Crippen LogP contribution in [0.5, 0.6) is 0 Å². The summed E-state index contributed by atoms with van der Waals surface area (Å²) in [6.45, 7) is 0. The van der Waals surface area contributed by atoms with Crippen LogP contribution < -0.4 is 22.9 Å². The number of anilines is 2. The van der Waals surface area contributed by atoms with Crippen LogP contribution in [0, 0.1) is 22.7 Å². The molecule has 0 amide bonds. The van der Waals surface area contributed by atoms with Gasteiger partial charge in [-0.1, -0.05) is 24.3 Å². The molecule has 8 saturated carbocycles. The summed E-state index contributed by atoms with van der Waals surface area (Å²) in [4.78, 5) is 0. The van der Waals surface area contributed by atoms with Gasteiger partial charge < -0.3 is 22.9 Å². The maximum atomic E-state index is 7.40. The molecule has 8 fully saturated rings. The van der Waals surface area contributed by atoms with Gasteiger partial charge in [-0.25, -0.2) is 0 Å². The molecule has 0 aromatic heterocycles. The van der Waals surface area contributed by atoms with Gasteiger partial charge in [-0.15, -0.1) is 0 Å². The zero-order chi connectivity index (χ0) is 24.6. The van der Waals surface area contributed by atoms with Crippen LogP contribution in [0.25, 0.3) is 0 Å². The molecule has 2 aromatic carbocycles. The Morgan fingerprint density at radius 2 is 0.861 bits per heavy atom. The number of rotatable bonds is 3.